The number of halogens is 1. The summed E-state index contributed by atoms with van der Waals surface area (Å²) in [5.74, 6) is 0.762. The Hall–Kier alpha value is -2.05. The fourth-order valence-electron chi connectivity index (χ4n) is 2.33. The number of nitrogens with one attached hydrogen (secondary N) is 3. The number of rotatable bonds is 9. The molecule has 1 heterocycles. The van der Waals surface area contributed by atoms with Gasteiger partial charge in [-0.25, -0.2) is 0 Å². The predicted molar refractivity (Wildman–Crippen MR) is 110 cm³/mol. The second-order valence-corrected chi connectivity index (χ2v) is 6.97. The number of aliphatic imine (C=N–C) groups is 1. The van der Waals surface area contributed by atoms with Gasteiger partial charge in [0, 0.05) is 31.2 Å². The average molecular weight is 393 g/mol. The largest absolute Gasteiger partial charge is 0.357 e. The monoisotopic (exact) mass is 392 g/mol. The highest BCUT2D eigenvalue weighted by Crippen LogP contribution is 2.14. The van der Waals surface area contributed by atoms with E-state index in [1.807, 2.05) is 48.7 Å². The third kappa shape index (κ3) is 7.06. The molecule has 0 aliphatic carbocycles. The van der Waals surface area contributed by atoms with Crippen molar-refractivity contribution in [3.8, 4) is 0 Å². The van der Waals surface area contributed by atoms with Crippen LogP contribution in [0.25, 0.3) is 0 Å². The molecule has 0 radical (unpaired) electrons. The Kier molecular flexibility index (Phi) is 9.00. The molecule has 1 aromatic carbocycles. The smallest absolute Gasteiger partial charge is 0.261 e. The van der Waals surface area contributed by atoms with Crippen LogP contribution in [0.1, 0.15) is 28.6 Å². The number of carbonyl (C=O) groups is 1. The van der Waals surface area contributed by atoms with Gasteiger partial charge in [-0.2, -0.15) is 0 Å². The minimum Gasteiger partial charge on any atom is -0.357 e. The fourth-order valence-corrected chi connectivity index (χ4v) is 3.20. The summed E-state index contributed by atoms with van der Waals surface area (Å²) in [6.07, 6.45) is 1.62. The van der Waals surface area contributed by atoms with Crippen molar-refractivity contribution in [3.05, 3.63) is 57.2 Å². The van der Waals surface area contributed by atoms with E-state index in [-0.39, 0.29) is 5.91 Å². The van der Waals surface area contributed by atoms with Gasteiger partial charge in [0.15, 0.2) is 5.96 Å². The second kappa shape index (κ2) is 11.5. The maximum Gasteiger partial charge on any atom is 0.261 e. The lowest BCUT2D eigenvalue weighted by Gasteiger charge is -2.12. The molecule has 7 heteroatoms. The molecule has 0 aliphatic rings. The number of guanidine groups is 1. The molecule has 0 bridgehead atoms. The number of hydrogen-bond donors (Lipinski definition) is 3. The summed E-state index contributed by atoms with van der Waals surface area (Å²) in [4.78, 5) is 17.1. The topological polar surface area (TPSA) is 65.5 Å². The van der Waals surface area contributed by atoms with Gasteiger partial charge in [-0.05, 0) is 42.8 Å². The summed E-state index contributed by atoms with van der Waals surface area (Å²) >= 11 is 7.62. The number of benzene rings is 1. The molecule has 2 rings (SSSR count). The quantitative estimate of drug-likeness (QED) is 0.348. The van der Waals surface area contributed by atoms with Crippen molar-refractivity contribution >= 4 is 34.8 Å². The number of amides is 1. The fraction of sp³-hybridized carbons (Fsp3) is 0.368. The molecule has 0 unspecified atom stereocenters. The van der Waals surface area contributed by atoms with E-state index in [1.54, 1.807) is 0 Å². The highest BCUT2D eigenvalue weighted by Gasteiger charge is 2.04. The molecular formula is C19H25ClN4OS. The summed E-state index contributed by atoms with van der Waals surface area (Å²) in [5, 5.41) is 12.1. The first-order chi connectivity index (χ1) is 12.7. The van der Waals surface area contributed by atoms with Crippen LogP contribution in [0.5, 0.6) is 0 Å². The first kappa shape index (κ1) is 20.3. The molecule has 0 atom stereocenters. The van der Waals surface area contributed by atoms with E-state index in [2.05, 4.69) is 20.9 Å². The molecule has 0 aliphatic heterocycles. The van der Waals surface area contributed by atoms with Gasteiger partial charge < -0.3 is 16.0 Å². The number of carbonyl (C=O) groups excluding carboxylic acids is 1. The van der Waals surface area contributed by atoms with Crippen molar-refractivity contribution in [2.75, 3.05) is 26.2 Å². The molecule has 1 amide bonds. The van der Waals surface area contributed by atoms with E-state index in [1.165, 1.54) is 11.3 Å². The van der Waals surface area contributed by atoms with Crippen molar-refractivity contribution in [1.82, 2.24) is 16.0 Å². The molecule has 26 heavy (non-hydrogen) atoms. The highest BCUT2D eigenvalue weighted by atomic mass is 35.5. The summed E-state index contributed by atoms with van der Waals surface area (Å²) < 4.78 is 0. The van der Waals surface area contributed by atoms with E-state index >= 15 is 0 Å². The van der Waals surface area contributed by atoms with Crippen LogP contribution in [0.15, 0.2) is 46.8 Å². The van der Waals surface area contributed by atoms with Gasteiger partial charge in [0.05, 0.1) is 4.88 Å². The van der Waals surface area contributed by atoms with Gasteiger partial charge in [0.2, 0.25) is 0 Å². The van der Waals surface area contributed by atoms with Crippen LogP contribution in [0, 0.1) is 0 Å². The molecule has 0 fully saturated rings. The van der Waals surface area contributed by atoms with E-state index in [0.717, 1.165) is 47.4 Å². The third-order valence-electron chi connectivity index (χ3n) is 3.62. The summed E-state index contributed by atoms with van der Waals surface area (Å²) in [5.41, 5.74) is 1.12. The van der Waals surface area contributed by atoms with Crippen molar-refractivity contribution in [1.29, 1.82) is 0 Å². The Labute approximate surface area is 163 Å². The Morgan fingerprint density at radius 2 is 1.96 bits per heavy atom. The van der Waals surface area contributed by atoms with E-state index < -0.39 is 0 Å². The lowest BCUT2D eigenvalue weighted by atomic mass is 10.1. The van der Waals surface area contributed by atoms with Crippen LogP contribution >= 0.6 is 22.9 Å². The van der Waals surface area contributed by atoms with Gasteiger partial charge in [0.1, 0.15) is 0 Å². The van der Waals surface area contributed by atoms with Crippen LogP contribution < -0.4 is 16.0 Å². The van der Waals surface area contributed by atoms with Crippen LogP contribution in [0.2, 0.25) is 5.02 Å². The second-order valence-electron chi connectivity index (χ2n) is 5.62. The van der Waals surface area contributed by atoms with Crippen LogP contribution in [0.3, 0.4) is 0 Å². The molecule has 0 spiro atoms. The summed E-state index contributed by atoms with van der Waals surface area (Å²) in [6.45, 7) is 4.84. The minimum absolute atomic E-state index is 0.0197. The van der Waals surface area contributed by atoms with Crippen molar-refractivity contribution in [2.24, 2.45) is 4.99 Å². The number of nitrogens with zero attached hydrogens (tertiary/aromatic N) is 1. The van der Waals surface area contributed by atoms with Gasteiger partial charge in [-0.3, -0.25) is 9.79 Å². The maximum absolute atomic E-state index is 11.8. The van der Waals surface area contributed by atoms with Crippen LogP contribution in [0.4, 0.5) is 0 Å². The maximum atomic E-state index is 11.8. The molecule has 0 saturated carbocycles. The van der Waals surface area contributed by atoms with E-state index in [9.17, 15) is 4.79 Å². The van der Waals surface area contributed by atoms with Gasteiger partial charge in [0.25, 0.3) is 5.91 Å². The van der Waals surface area contributed by atoms with Crippen LogP contribution in [-0.2, 0) is 6.42 Å². The molecule has 0 saturated heterocycles. The Morgan fingerprint density at radius 1 is 1.12 bits per heavy atom. The first-order valence-electron chi connectivity index (χ1n) is 8.78. The Bertz CT molecular complexity index is 703. The molecular weight excluding hydrogens is 368 g/mol. The minimum atomic E-state index is -0.0197. The SMILES string of the molecule is CCNC(=NCCCNC(=O)c1cccs1)NCCc1ccccc1Cl. The van der Waals surface area contributed by atoms with Gasteiger partial charge in [-0.1, -0.05) is 35.9 Å². The van der Waals surface area contributed by atoms with Crippen molar-refractivity contribution < 1.29 is 4.79 Å². The van der Waals surface area contributed by atoms with Crippen molar-refractivity contribution in [3.63, 3.8) is 0 Å². The summed E-state index contributed by atoms with van der Waals surface area (Å²) in [6, 6.07) is 11.6. The number of thiophene rings is 1. The standard InChI is InChI=1S/C19H25ClN4OS/c1-2-21-19(24-13-10-15-7-3-4-8-16(15)20)23-12-6-11-22-18(25)17-9-5-14-26-17/h3-5,7-9,14H,2,6,10-13H2,1H3,(H,22,25)(H2,21,23,24). The molecule has 1 aromatic heterocycles. The Balaban J connectivity index is 1.68. The lowest BCUT2D eigenvalue weighted by Crippen LogP contribution is -2.38. The zero-order chi connectivity index (χ0) is 18.6. The predicted octanol–water partition coefficient (Wildman–Crippen LogP) is 3.32. The third-order valence-corrected chi connectivity index (χ3v) is 4.86. The zero-order valence-electron chi connectivity index (χ0n) is 14.9. The normalized spacial score (nSPS) is 11.2. The highest BCUT2D eigenvalue weighted by molar-refractivity contribution is 7.12. The summed E-state index contributed by atoms with van der Waals surface area (Å²) in [7, 11) is 0. The Morgan fingerprint density at radius 3 is 2.69 bits per heavy atom. The molecule has 3 N–H and O–H groups in total. The number of hydrogen-bond acceptors (Lipinski definition) is 3. The van der Waals surface area contributed by atoms with Crippen LogP contribution in [-0.4, -0.2) is 38.0 Å². The molecule has 5 nitrogen and oxygen atoms in total. The van der Waals surface area contributed by atoms with E-state index in [4.69, 9.17) is 11.6 Å². The lowest BCUT2D eigenvalue weighted by molar-refractivity contribution is 0.0957. The first-order valence-corrected chi connectivity index (χ1v) is 10.0. The van der Waals surface area contributed by atoms with E-state index in [0.29, 0.717) is 13.1 Å². The molecule has 140 valence electrons. The zero-order valence-corrected chi connectivity index (χ0v) is 16.5. The van der Waals surface area contributed by atoms with Crippen molar-refractivity contribution in [2.45, 2.75) is 19.8 Å². The average Bonchev–Trinajstić information content (AvgIpc) is 3.17. The molecule has 2 aromatic rings. The van der Waals surface area contributed by atoms with Gasteiger partial charge >= 0.3 is 0 Å². The van der Waals surface area contributed by atoms with Gasteiger partial charge in [-0.15, -0.1) is 11.3 Å².